The molecule has 0 fully saturated rings. The zero-order chi connectivity index (χ0) is 16.0. The summed E-state index contributed by atoms with van der Waals surface area (Å²) in [6.45, 7) is 4.88. The molecule has 1 amide bonds. The first-order chi connectivity index (χ1) is 11.1. The van der Waals surface area contributed by atoms with Crippen molar-refractivity contribution in [2.24, 2.45) is 5.92 Å². The molecule has 1 aliphatic rings. The Bertz CT molecular complexity index is 888. The largest absolute Gasteiger partial charge is 0.353 e. The van der Waals surface area contributed by atoms with Gasteiger partial charge in [-0.25, -0.2) is 0 Å². The van der Waals surface area contributed by atoms with Gasteiger partial charge in [-0.2, -0.15) is 5.10 Å². The van der Waals surface area contributed by atoms with E-state index in [0.29, 0.717) is 12.5 Å². The fourth-order valence-corrected chi connectivity index (χ4v) is 3.34. The van der Waals surface area contributed by atoms with Gasteiger partial charge in [0, 0.05) is 23.0 Å². The number of carbonyl (C=O) groups is 1. The Morgan fingerprint density at radius 3 is 3.00 bits per heavy atom. The molecule has 0 radical (unpaired) electrons. The molecule has 0 aliphatic heterocycles. The third-order valence-electron chi connectivity index (χ3n) is 4.46. The molecule has 23 heavy (non-hydrogen) atoms. The second kappa shape index (κ2) is 5.26. The van der Waals surface area contributed by atoms with Crippen molar-refractivity contribution in [3.63, 3.8) is 0 Å². The van der Waals surface area contributed by atoms with Crippen LogP contribution in [0.3, 0.4) is 0 Å². The Hall–Kier alpha value is -2.56. The summed E-state index contributed by atoms with van der Waals surface area (Å²) in [6.07, 6.45) is 3.77. The average Bonchev–Trinajstić information content (AvgIpc) is 3.15. The highest BCUT2D eigenvalue weighted by atomic mass is 16.1. The van der Waals surface area contributed by atoms with Gasteiger partial charge in [0.15, 0.2) is 0 Å². The van der Waals surface area contributed by atoms with E-state index >= 15 is 0 Å². The van der Waals surface area contributed by atoms with E-state index in [9.17, 15) is 4.79 Å². The Morgan fingerprint density at radius 1 is 1.30 bits per heavy atom. The lowest BCUT2D eigenvalue weighted by molar-refractivity contribution is 0.0950. The SMILES string of the molecule is CC(C)CNC(=O)c1cccc2[nH]c3c(c12)CCc1cn[nH]c1-3. The number of nitrogens with zero attached hydrogens (tertiary/aromatic N) is 1. The predicted molar refractivity (Wildman–Crippen MR) is 90.5 cm³/mol. The van der Waals surface area contributed by atoms with E-state index in [4.69, 9.17) is 0 Å². The van der Waals surface area contributed by atoms with E-state index in [1.807, 2.05) is 24.4 Å². The van der Waals surface area contributed by atoms with E-state index in [-0.39, 0.29) is 5.91 Å². The molecule has 0 spiro atoms. The molecule has 3 aromatic rings. The summed E-state index contributed by atoms with van der Waals surface area (Å²) in [6, 6.07) is 5.87. The van der Waals surface area contributed by atoms with Crippen LogP contribution in [-0.4, -0.2) is 27.6 Å². The topological polar surface area (TPSA) is 73.6 Å². The maximum atomic E-state index is 12.6. The number of amides is 1. The zero-order valence-electron chi connectivity index (χ0n) is 13.4. The van der Waals surface area contributed by atoms with Gasteiger partial charge in [0.2, 0.25) is 0 Å². The van der Waals surface area contributed by atoms with Crippen molar-refractivity contribution in [3.05, 3.63) is 41.1 Å². The number of benzene rings is 1. The molecular weight excluding hydrogens is 288 g/mol. The van der Waals surface area contributed by atoms with Crippen molar-refractivity contribution < 1.29 is 4.79 Å². The summed E-state index contributed by atoms with van der Waals surface area (Å²) in [5.41, 5.74) is 6.33. The van der Waals surface area contributed by atoms with Crippen molar-refractivity contribution in [1.82, 2.24) is 20.5 Å². The molecule has 118 valence electrons. The van der Waals surface area contributed by atoms with Gasteiger partial charge in [-0.1, -0.05) is 19.9 Å². The normalized spacial score (nSPS) is 13.2. The lowest BCUT2D eigenvalue weighted by Crippen LogP contribution is -2.27. The molecule has 2 aromatic heterocycles. The van der Waals surface area contributed by atoms with Crippen LogP contribution in [0, 0.1) is 5.92 Å². The average molecular weight is 308 g/mol. The maximum Gasteiger partial charge on any atom is 0.251 e. The Balaban J connectivity index is 1.84. The predicted octanol–water partition coefficient (Wildman–Crippen LogP) is 3.04. The van der Waals surface area contributed by atoms with E-state index in [1.54, 1.807) is 0 Å². The molecule has 5 heteroatoms. The number of carbonyl (C=O) groups excluding carboxylic acids is 1. The van der Waals surface area contributed by atoms with Crippen LogP contribution in [0.1, 0.15) is 35.3 Å². The second-order valence-electron chi connectivity index (χ2n) is 6.58. The molecule has 3 N–H and O–H groups in total. The van der Waals surface area contributed by atoms with Crippen molar-refractivity contribution in [2.75, 3.05) is 6.54 Å². The van der Waals surface area contributed by atoms with Crippen LogP contribution < -0.4 is 5.32 Å². The first kappa shape index (κ1) is 14.1. The Morgan fingerprint density at radius 2 is 2.17 bits per heavy atom. The number of nitrogens with one attached hydrogen (secondary N) is 3. The second-order valence-corrected chi connectivity index (χ2v) is 6.58. The van der Waals surface area contributed by atoms with Crippen molar-refractivity contribution in [3.8, 4) is 11.4 Å². The molecule has 4 rings (SSSR count). The highest BCUT2D eigenvalue weighted by molar-refractivity contribution is 6.09. The van der Waals surface area contributed by atoms with Gasteiger partial charge >= 0.3 is 0 Å². The van der Waals surface area contributed by atoms with E-state index in [1.165, 1.54) is 11.1 Å². The minimum Gasteiger partial charge on any atom is -0.353 e. The molecule has 0 unspecified atom stereocenters. The summed E-state index contributed by atoms with van der Waals surface area (Å²) in [7, 11) is 0. The molecule has 0 atom stereocenters. The number of aryl methyl sites for hydroxylation is 2. The third kappa shape index (κ3) is 2.23. The molecule has 5 nitrogen and oxygen atoms in total. The summed E-state index contributed by atoms with van der Waals surface area (Å²) in [5, 5.41) is 11.3. The molecule has 0 saturated carbocycles. The van der Waals surface area contributed by atoms with Crippen LogP contribution in [0.25, 0.3) is 22.3 Å². The van der Waals surface area contributed by atoms with E-state index < -0.39 is 0 Å². The fraction of sp³-hybridized carbons (Fsp3) is 0.333. The molecule has 1 aliphatic carbocycles. The quantitative estimate of drug-likeness (QED) is 0.696. The number of hydrogen-bond acceptors (Lipinski definition) is 2. The fourth-order valence-electron chi connectivity index (χ4n) is 3.34. The Kier molecular flexibility index (Phi) is 3.22. The van der Waals surface area contributed by atoms with Crippen molar-refractivity contribution >= 4 is 16.8 Å². The van der Waals surface area contributed by atoms with Crippen LogP contribution in [0.15, 0.2) is 24.4 Å². The molecule has 0 saturated heterocycles. The van der Waals surface area contributed by atoms with Crippen LogP contribution in [-0.2, 0) is 12.8 Å². The lowest BCUT2D eigenvalue weighted by atomic mass is 9.92. The number of H-pyrrole nitrogens is 2. The monoisotopic (exact) mass is 308 g/mol. The van der Waals surface area contributed by atoms with Crippen molar-refractivity contribution in [1.29, 1.82) is 0 Å². The van der Waals surface area contributed by atoms with Gasteiger partial charge in [-0.15, -0.1) is 0 Å². The lowest BCUT2D eigenvalue weighted by Gasteiger charge is -2.13. The first-order valence-corrected chi connectivity index (χ1v) is 8.09. The smallest absolute Gasteiger partial charge is 0.251 e. The van der Waals surface area contributed by atoms with E-state index in [0.717, 1.165) is 40.7 Å². The van der Waals surface area contributed by atoms with Crippen LogP contribution in [0.5, 0.6) is 0 Å². The van der Waals surface area contributed by atoms with Gasteiger partial charge in [0.1, 0.15) is 0 Å². The molecule has 1 aromatic carbocycles. The standard InChI is InChI=1S/C18H20N4O/c1-10(2)8-19-18(23)13-4-3-5-14-15(13)12-7-6-11-9-20-22-16(11)17(12)21-14/h3-5,9-10,21H,6-8H2,1-2H3,(H,19,23)(H,20,22). The zero-order valence-corrected chi connectivity index (χ0v) is 13.4. The first-order valence-electron chi connectivity index (χ1n) is 8.09. The number of hydrogen-bond donors (Lipinski definition) is 3. The highest BCUT2D eigenvalue weighted by Crippen LogP contribution is 2.37. The molecular formula is C18H20N4O. The van der Waals surface area contributed by atoms with Crippen molar-refractivity contribution in [2.45, 2.75) is 26.7 Å². The van der Waals surface area contributed by atoms with Gasteiger partial charge in [0.05, 0.1) is 17.6 Å². The number of fused-ring (bicyclic) bond motifs is 5. The van der Waals surface area contributed by atoms with E-state index in [2.05, 4.69) is 34.3 Å². The minimum absolute atomic E-state index is 0.00140. The summed E-state index contributed by atoms with van der Waals surface area (Å²) in [5.74, 6) is 0.437. The van der Waals surface area contributed by atoms with Gasteiger partial charge in [-0.3, -0.25) is 9.89 Å². The number of aromatic nitrogens is 3. The van der Waals surface area contributed by atoms with Gasteiger partial charge in [-0.05, 0) is 42.0 Å². The minimum atomic E-state index is 0.00140. The third-order valence-corrected chi connectivity index (χ3v) is 4.46. The Labute approximate surface area is 134 Å². The van der Waals surface area contributed by atoms with Gasteiger partial charge in [0.25, 0.3) is 5.91 Å². The summed E-state index contributed by atoms with van der Waals surface area (Å²) >= 11 is 0. The van der Waals surface area contributed by atoms with Crippen LogP contribution >= 0.6 is 0 Å². The number of rotatable bonds is 3. The molecule has 0 bridgehead atoms. The highest BCUT2D eigenvalue weighted by Gasteiger charge is 2.24. The summed E-state index contributed by atoms with van der Waals surface area (Å²) < 4.78 is 0. The van der Waals surface area contributed by atoms with Crippen LogP contribution in [0.4, 0.5) is 0 Å². The summed E-state index contributed by atoms with van der Waals surface area (Å²) in [4.78, 5) is 16.1. The number of aromatic amines is 2. The van der Waals surface area contributed by atoms with Gasteiger partial charge < -0.3 is 10.3 Å². The molecule has 2 heterocycles. The van der Waals surface area contributed by atoms with Crippen LogP contribution in [0.2, 0.25) is 0 Å². The maximum absolute atomic E-state index is 12.6.